The van der Waals surface area contributed by atoms with E-state index < -0.39 is 12.6 Å². The highest BCUT2D eigenvalue weighted by Gasteiger charge is 2.27. The minimum Gasteiger partial charge on any atom is -0.480 e. The molecule has 2 atom stereocenters. The molecule has 1 heterocycles. The molecule has 0 radical (unpaired) electrons. The number of aliphatic carboxylic acids is 1. The first-order valence-corrected chi connectivity index (χ1v) is 9.28. The number of nitrogens with one attached hydrogen (secondary N) is 1. The third kappa shape index (κ3) is 6.72. The Labute approximate surface area is 163 Å². The van der Waals surface area contributed by atoms with Crippen LogP contribution in [0.25, 0.3) is 0 Å². The molecule has 2 unspecified atom stereocenters. The van der Waals surface area contributed by atoms with E-state index >= 15 is 0 Å². The number of nitrogens with zero attached hydrogens (tertiary/aromatic N) is 2. The number of ether oxygens (including phenoxy) is 1. The first kappa shape index (κ1) is 22.0. The van der Waals surface area contributed by atoms with Crippen LogP contribution in [0.3, 0.4) is 0 Å². The van der Waals surface area contributed by atoms with E-state index in [4.69, 9.17) is 5.11 Å². The molecule has 0 spiro atoms. The minimum atomic E-state index is -2.89. The van der Waals surface area contributed by atoms with Crippen molar-refractivity contribution in [1.29, 1.82) is 0 Å². The van der Waals surface area contributed by atoms with Crippen molar-refractivity contribution in [2.24, 2.45) is 0 Å². The number of hydrogen-bond donors (Lipinski definition) is 2. The summed E-state index contributed by atoms with van der Waals surface area (Å²) in [5.74, 6) is -0.994. The number of benzene rings is 1. The molecule has 1 aromatic rings. The molecule has 1 aliphatic rings. The van der Waals surface area contributed by atoms with Crippen molar-refractivity contribution < 1.29 is 28.2 Å². The van der Waals surface area contributed by atoms with Gasteiger partial charge in [-0.05, 0) is 64.0 Å². The van der Waals surface area contributed by atoms with E-state index in [2.05, 4.69) is 15.0 Å². The van der Waals surface area contributed by atoms with Crippen LogP contribution in [0.5, 0.6) is 5.75 Å². The Morgan fingerprint density at radius 1 is 1.29 bits per heavy atom. The molecule has 1 amide bonds. The smallest absolute Gasteiger partial charge is 0.387 e. The van der Waals surface area contributed by atoms with Gasteiger partial charge in [0.15, 0.2) is 0 Å². The second-order valence-corrected chi connectivity index (χ2v) is 7.00. The molecule has 2 N–H and O–H groups in total. The van der Waals surface area contributed by atoms with E-state index in [1.807, 2.05) is 18.9 Å². The summed E-state index contributed by atoms with van der Waals surface area (Å²) >= 11 is 0. The maximum absolute atomic E-state index is 12.6. The molecule has 0 aliphatic carbocycles. The van der Waals surface area contributed by atoms with E-state index in [0.29, 0.717) is 12.2 Å². The van der Waals surface area contributed by atoms with Crippen molar-refractivity contribution in [2.75, 3.05) is 32.0 Å². The van der Waals surface area contributed by atoms with Gasteiger partial charge in [-0.25, -0.2) is 0 Å². The number of amides is 1. The molecule has 28 heavy (non-hydrogen) atoms. The lowest BCUT2D eigenvalue weighted by atomic mass is 10.1. The zero-order chi connectivity index (χ0) is 20.7. The van der Waals surface area contributed by atoms with Gasteiger partial charge in [-0.15, -0.1) is 0 Å². The maximum Gasteiger partial charge on any atom is 0.387 e. The van der Waals surface area contributed by atoms with Gasteiger partial charge in [-0.2, -0.15) is 8.78 Å². The largest absolute Gasteiger partial charge is 0.480 e. The van der Waals surface area contributed by atoms with Crippen LogP contribution in [-0.4, -0.2) is 72.2 Å². The Bertz CT molecular complexity index is 657. The topological polar surface area (TPSA) is 82.1 Å². The molecule has 0 aromatic heterocycles. The Morgan fingerprint density at radius 2 is 1.96 bits per heavy atom. The number of anilines is 1. The van der Waals surface area contributed by atoms with E-state index in [9.17, 15) is 18.4 Å². The number of carbonyl (C=O) groups is 2. The van der Waals surface area contributed by atoms with Crippen LogP contribution in [0, 0.1) is 0 Å². The molecule has 9 heteroatoms. The van der Waals surface area contributed by atoms with Crippen molar-refractivity contribution in [3.8, 4) is 5.75 Å². The fourth-order valence-electron chi connectivity index (χ4n) is 3.40. The lowest BCUT2D eigenvalue weighted by Gasteiger charge is -2.28. The lowest BCUT2D eigenvalue weighted by molar-refractivity contribution is -0.138. The highest BCUT2D eigenvalue weighted by Crippen LogP contribution is 2.20. The summed E-state index contributed by atoms with van der Waals surface area (Å²) in [7, 11) is 1.81. The monoisotopic (exact) mass is 399 g/mol. The van der Waals surface area contributed by atoms with Gasteiger partial charge in [0, 0.05) is 18.3 Å². The number of likely N-dealkylation sites (N-methyl/N-ethyl adjacent to an activating group) is 1. The Morgan fingerprint density at radius 3 is 2.57 bits per heavy atom. The van der Waals surface area contributed by atoms with Crippen LogP contribution in [0.15, 0.2) is 24.3 Å². The SMILES string of the molecule is CC(C(=O)Nc1ccc(OC(F)F)cc1)N1CCCC(N(C)CC(=O)O)CC1. The highest BCUT2D eigenvalue weighted by atomic mass is 19.3. The molecule has 2 rings (SSSR count). The summed E-state index contributed by atoms with van der Waals surface area (Å²) in [6, 6.07) is 5.60. The molecule has 0 bridgehead atoms. The molecule has 1 aliphatic heterocycles. The van der Waals surface area contributed by atoms with Crippen LogP contribution in [-0.2, 0) is 9.59 Å². The molecule has 7 nitrogen and oxygen atoms in total. The molecule has 0 saturated carbocycles. The summed E-state index contributed by atoms with van der Waals surface area (Å²) in [5, 5.41) is 11.7. The van der Waals surface area contributed by atoms with E-state index in [0.717, 1.165) is 25.8 Å². The van der Waals surface area contributed by atoms with Gasteiger partial charge in [-0.1, -0.05) is 0 Å². The van der Waals surface area contributed by atoms with Gasteiger partial charge < -0.3 is 15.2 Å². The Balaban J connectivity index is 1.87. The number of carbonyl (C=O) groups excluding carboxylic acids is 1. The highest BCUT2D eigenvalue weighted by molar-refractivity contribution is 5.94. The molecular formula is C19H27F2N3O4. The van der Waals surface area contributed by atoms with Gasteiger partial charge in [0.1, 0.15) is 5.75 Å². The van der Waals surface area contributed by atoms with E-state index in [1.165, 1.54) is 24.3 Å². The molecule has 1 fully saturated rings. The summed E-state index contributed by atoms with van der Waals surface area (Å²) in [5.41, 5.74) is 0.507. The second-order valence-electron chi connectivity index (χ2n) is 7.00. The summed E-state index contributed by atoms with van der Waals surface area (Å²) in [6.07, 6.45) is 2.56. The molecule has 156 valence electrons. The second kappa shape index (κ2) is 10.3. The predicted molar refractivity (Wildman–Crippen MR) is 101 cm³/mol. The summed E-state index contributed by atoms with van der Waals surface area (Å²) in [6.45, 7) is 0.399. The standard InChI is InChI=1S/C19H27F2N3O4/c1-13(18(27)22-14-5-7-16(8-6-14)28-19(20)21)24-10-3-4-15(9-11-24)23(2)12-17(25)26/h5-8,13,15,19H,3-4,9-12H2,1-2H3,(H,22,27)(H,25,26). The quantitative estimate of drug-likeness (QED) is 0.699. The Hall–Kier alpha value is -2.26. The zero-order valence-electron chi connectivity index (χ0n) is 16.1. The van der Waals surface area contributed by atoms with Gasteiger partial charge in [0.05, 0.1) is 12.6 Å². The average molecular weight is 399 g/mol. The fraction of sp³-hybridized carbons (Fsp3) is 0.579. The van der Waals surface area contributed by atoms with Crippen LogP contribution in [0.1, 0.15) is 26.2 Å². The summed E-state index contributed by atoms with van der Waals surface area (Å²) in [4.78, 5) is 27.4. The third-order valence-electron chi connectivity index (χ3n) is 5.01. The molecular weight excluding hydrogens is 372 g/mol. The average Bonchev–Trinajstić information content (AvgIpc) is 2.88. The number of rotatable bonds is 8. The number of likely N-dealkylation sites (tertiary alicyclic amines) is 1. The lowest BCUT2D eigenvalue weighted by Crippen LogP contribution is -2.43. The molecule has 1 saturated heterocycles. The molecule has 1 aromatic carbocycles. The normalized spacial score (nSPS) is 19.3. The third-order valence-corrected chi connectivity index (χ3v) is 5.01. The number of hydrogen-bond acceptors (Lipinski definition) is 5. The van der Waals surface area contributed by atoms with E-state index in [1.54, 1.807) is 0 Å². The number of halogens is 2. The van der Waals surface area contributed by atoms with Gasteiger partial charge in [0.2, 0.25) is 5.91 Å². The van der Waals surface area contributed by atoms with Gasteiger partial charge in [-0.3, -0.25) is 19.4 Å². The number of alkyl halides is 2. The van der Waals surface area contributed by atoms with Gasteiger partial charge in [0.25, 0.3) is 0 Å². The van der Waals surface area contributed by atoms with Crippen LogP contribution < -0.4 is 10.1 Å². The van der Waals surface area contributed by atoms with Crippen molar-refractivity contribution in [3.63, 3.8) is 0 Å². The van der Waals surface area contributed by atoms with Crippen LogP contribution >= 0.6 is 0 Å². The fourth-order valence-corrected chi connectivity index (χ4v) is 3.40. The van der Waals surface area contributed by atoms with Crippen molar-refractivity contribution in [1.82, 2.24) is 9.80 Å². The number of carboxylic acid groups (broad SMARTS) is 1. The first-order valence-electron chi connectivity index (χ1n) is 9.28. The first-order chi connectivity index (χ1) is 13.3. The van der Waals surface area contributed by atoms with Crippen molar-refractivity contribution in [3.05, 3.63) is 24.3 Å². The van der Waals surface area contributed by atoms with Crippen molar-refractivity contribution in [2.45, 2.75) is 44.9 Å². The van der Waals surface area contributed by atoms with Crippen LogP contribution in [0.4, 0.5) is 14.5 Å². The summed E-state index contributed by atoms with van der Waals surface area (Å²) < 4.78 is 28.7. The van der Waals surface area contributed by atoms with Crippen LogP contribution in [0.2, 0.25) is 0 Å². The maximum atomic E-state index is 12.6. The predicted octanol–water partition coefficient (Wildman–Crippen LogP) is 2.49. The van der Waals surface area contributed by atoms with E-state index in [-0.39, 0.29) is 30.3 Å². The Kier molecular flexibility index (Phi) is 8.13. The number of carboxylic acids is 1. The minimum absolute atomic E-state index is 0.00593. The van der Waals surface area contributed by atoms with Crippen molar-refractivity contribution >= 4 is 17.6 Å². The van der Waals surface area contributed by atoms with Gasteiger partial charge >= 0.3 is 12.6 Å². The zero-order valence-corrected chi connectivity index (χ0v) is 16.1.